The van der Waals surface area contributed by atoms with Gasteiger partial charge in [-0.25, -0.2) is 4.39 Å². The lowest BCUT2D eigenvalue weighted by molar-refractivity contribution is 0.415. The molecular weight excluding hydrogens is 283 g/mol. The van der Waals surface area contributed by atoms with Gasteiger partial charge in [-0.15, -0.1) is 11.3 Å². The van der Waals surface area contributed by atoms with E-state index in [1.165, 1.54) is 17.4 Å². The summed E-state index contributed by atoms with van der Waals surface area (Å²) in [5, 5.41) is 3.45. The Morgan fingerprint density at radius 3 is 2.63 bits per heavy atom. The second-order valence-electron chi connectivity index (χ2n) is 4.09. The second-order valence-corrected chi connectivity index (χ2v) is 5.35. The van der Waals surface area contributed by atoms with Crippen molar-refractivity contribution in [1.29, 1.82) is 0 Å². The molecule has 19 heavy (non-hydrogen) atoms. The van der Waals surface area contributed by atoms with Gasteiger partial charge < -0.3 is 4.74 Å². The summed E-state index contributed by atoms with van der Waals surface area (Å²) in [4.78, 5) is 0. The minimum Gasteiger partial charge on any atom is -0.495 e. The lowest BCUT2D eigenvalue weighted by atomic mass is 10.0. The fourth-order valence-corrected chi connectivity index (χ4v) is 3.47. The van der Waals surface area contributed by atoms with Gasteiger partial charge in [-0.1, -0.05) is 29.8 Å². The third-order valence-electron chi connectivity index (χ3n) is 3.03. The highest BCUT2D eigenvalue weighted by molar-refractivity contribution is 7.18. The van der Waals surface area contributed by atoms with Crippen LogP contribution in [0.4, 0.5) is 4.39 Å². The molecule has 3 aromatic rings. The number of hydrogen-bond acceptors (Lipinski definition) is 2. The third-order valence-corrected chi connectivity index (χ3v) is 4.53. The van der Waals surface area contributed by atoms with Crippen molar-refractivity contribution in [2.24, 2.45) is 0 Å². The van der Waals surface area contributed by atoms with Crippen LogP contribution >= 0.6 is 22.9 Å². The number of thiophene rings is 1. The molecule has 0 radical (unpaired) electrons. The van der Waals surface area contributed by atoms with Crippen molar-refractivity contribution in [3.63, 3.8) is 0 Å². The van der Waals surface area contributed by atoms with Crippen LogP contribution in [0.2, 0.25) is 5.02 Å². The van der Waals surface area contributed by atoms with E-state index in [1.807, 2.05) is 23.6 Å². The van der Waals surface area contributed by atoms with Gasteiger partial charge in [0.1, 0.15) is 16.6 Å². The molecule has 0 spiro atoms. The van der Waals surface area contributed by atoms with E-state index in [0.29, 0.717) is 16.3 Å². The van der Waals surface area contributed by atoms with Crippen LogP contribution in [0.3, 0.4) is 0 Å². The lowest BCUT2D eigenvalue weighted by Gasteiger charge is -2.05. The van der Waals surface area contributed by atoms with Gasteiger partial charge in [0.15, 0.2) is 0 Å². The number of halogens is 2. The Labute approximate surface area is 119 Å². The summed E-state index contributed by atoms with van der Waals surface area (Å²) in [6.07, 6.45) is 0. The molecule has 0 aliphatic rings. The quantitative estimate of drug-likeness (QED) is 0.617. The molecule has 0 aliphatic carbocycles. The number of fused-ring (bicyclic) bond motifs is 1. The standard InChI is InChI=1S/C15H10ClFOS/c1-18-13-7-6-10-11(8-19-15(10)14(13)16)9-4-2-3-5-12(9)17/h2-8H,1H3. The number of benzene rings is 2. The maximum absolute atomic E-state index is 13.9. The number of rotatable bonds is 2. The minimum atomic E-state index is -0.228. The van der Waals surface area contributed by atoms with E-state index < -0.39 is 0 Å². The molecule has 96 valence electrons. The predicted octanol–water partition coefficient (Wildman–Crippen LogP) is 5.37. The van der Waals surface area contributed by atoms with Crippen molar-refractivity contribution in [1.82, 2.24) is 0 Å². The third kappa shape index (κ3) is 1.99. The molecule has 0 unspecified atom stereocenters. The van der Waals surface area contributed by atoms with Crippen LogP contribution in [0.1, 0.15) is 0 Å². The first kappa shape index (κ1) is 12.5. The summed E-state index contributed by atoms with van der Waals surface area (Å²) < 4.78 is 20.0. The molecule has 0 atom stereocenters. The Morgan fingerprint density at radius 1 is 1.11 bits per heavy atom. The molecule has 0 bridgehead atoms. The Balaban J connectivity index is 2.28. The topological polar surface area (TPSA) is 9.23 Å². The zero-order valence-corrected chi connectivity index (χ0v) is 11.7. The molecule has 0 saturated heterocycles. The molecule has 0 saturated carbocycles. The van der Waals surface area contributed by atoms with Crippen molar-refractivity contribution in [2.75, 3.05) is 7.11 Å². The zero-order valence-electron chi connectivity index (χ0n) is 10.1. The SMILES string of the molecule is COc1ccc2c(-c3ccccc3F)csc2c1Cl. The van der Waals surface area contributed by atoms with Gasteiger partial charge in [0.25, 0.3) is 0 Å². The summed E-state index contributed by atoms with van der Waals surface area (Å²) >= 11 is 7.77. The van der Waals surface area contributed by atoms with E-state index >= 15 is 0 Å². The van der Waals surface area contributed by atoms with Crippen molar-refractivity contribution < 1.29 is 9.13 Å². The largest absolute Gasteiger partial charge is 0.495 e. The molecule has 4 heteroatoms. The van der Waals surface area contributed by atoms with E-state index in [4.69, 9.17) is 16.3 Å². The average molecular weight is 293 g/mol. The zero-order chi connectivity index (χ0) is 13.4. The highest BCUT2D eigenvalue weighted by Gasteiger charge is 2.14. The molecule has 1 aromatic heterocycles. The van der Waals surface area contributed by atoms with Gasteiger partial charge in [-0.2, -0.15) is 0 Å². The highest BCUT2D eigenvalue weighted by Crippen LogP contribution is 2.42. The van der Waals surface area contributed by atoms with Gasteiger partial charge in [-0.3, -0.25) is 0 Å². The number of hydrogen-bond donors (Lipinski definition) is 0. The highest BCUT2D eigenvalue weighted by atomic mass is 35.5. The van der Waals surface area contributed by atoms with Crippen LogP contribution < -0.4 is 4.74 Å². The number of methoxy groups -OCH3 is 1. The second kappa shape index (κ2) is 4.83. The summed E-state index contributed by atoms with van der Waals surface area (Å²) in [5.74, 6) is 0.408. The van der Waals surface area contributed by atoms with Gasteiger partial charge >= 0.3 is 0 Å². The summed E-state index contributed by atoms with van der Waals surface area (Å²) in [7, 11) is 1.58. The van der Waals surface area contributed by atoms with Gasteiger partial charge in [0, 0.05) is 16.5 Å². The van der Waals surface area contributed by atoms with E-state index in [2.05, 4.69) is 0 Å². The van der Waals surface area contributed by atoms with Gasteiger partial charge in [-0.05, 0) is 23.6 Å². The number of ether oxygens (including phenoxy) is 1. The first-order chi connectivity index (χ1) is 9.22. The molecule has 0 aliphatic heterocycles. The molecule has 1 heterocycles. The smallest absolute Gasteiger partial charge is 0.138 e. The normalized spacial score (nSPS) is 10.9. The summed E-state index contributed by atoms with van der Waals surface area (Å²) in [5.41, 5.74) is 1.46. The molecule has 3 rings (SSSR count). The van der Waals surface area contributed by atoms with Crippen molar-refractivity contribution in [2.45, 2.75) is 0 Å². The minimum absolute atomic E-state index is 0.228. The summed E-state index contributed by atoms with van der Waals surface area (Å²) in [6, 6.07) is 10.5. The molecule has 0 N–H and O–H groups in total. The van der Waals surface area contributed by atoms with Crippen molar-refractivity contribution >= 4 is 33.0 Å². The molecular formula is C15H10ClFOS. The molecule has 0 fully saturated rings. The fraction of sp³-hybridized carbons (Fsp3) is 0.0667. The Kier molecular flexibility index (Phi) is 3.17. The Bertz CT molecular complexity index is 751. The van der Waals surface area contributed by atoms with Crippen LogP contribution in [0.15, 0.2) is 41.8 Å². The van der Waals surface area contributed by atoms with Gasteiger partial charge in [0.05, 0.1) is 11.8 Å². The Morgan fingerprint density at radius 2 is 1.89 bits per heavy atom. The van der Waals surface area contributed by atoms with E-state index in [9.17, 15) is 4.39 Å². The van der Waals surface area contributed by atoms with Crippen LogP contribution in [-0.4, -0.2) is 7.11 Å². The van der Waals surface area contributed by atoms with Crippen LogP contribution in [0.5, 0.6) is 5.75 Å². The van der Waals surface area contributed by atoms with Crippen LogP contribution in [0.25, 0.3) is 21.2 Å². The molecule has 2 aromatic carbocycles. The maximum atomic E-state index is 13.9. The van der Waals surface area contributed by atoms with Crippen molar-refractivity contribution in [3.8, 4) is 16.9 Å². The van der Waals surface area contributed by atoms with E-state index in [-0.39, 0.29) is 5.82 Å². The van der Waals surface area contributed by atoms with E-state index in [0.717, 1.165) is 15.6 Å². The fourth-order valence-electron chi connectivity index (χ4n) is 2.09. The lowest BCUT2D eigenvalue weighted by Crippen LogP contribution is -1.85. The monoisotopic (exact) mass is 292 g/mol. The predicted molar refractivity (Wildman–Crippen MR) is 78.8 cm³/mol. The Hall–Kier alpha value is -1.58. The van der Waals surface area contributed by atoms with Crippen LogP contribution in [0, 0.1) is 5.82 Å². The first-order valence-corrected chi connectivity index (χ1v) is 6.96. The maximum Gasteiger partial charge on any atom is 0.138 e. The van der Waals surface area contributed by atoms with E-state index in [1.54, 1.807) is 19.2 Å². The van der Waals surface area contributed by atoms with Gasteiger partial charge in [0.2, 0.25) is 0 Å². The average Bonchev–Trinajstić information content (AvgIpc) is 2.84. The van der Waals surface area contributed by atoms with Crippen molar-refractivity contribution in [3.05, 3.63) is 52.6 Å². The molecule has 1 nitrogen and oxygen atoms in total. The molecule has 0 amide bonds. The first-order valence-electron chi connectivity index (χ1n) is 5.71. The summed E-state index contributed by atoms with van der Waals surface area (Å²) in [6.45, 7) is 0. The van der Waals surface area contributed by atoms with Crippen LogP contribution in [-0.2, 0) is 0 Å².